The number of para-hydroxylation sites is 2. The van der Waals surface area contributed by atoms with Crippen molar-refractivity contribution in [1.82, 2.24) is 0 Å². The Balaban J connectivity index is 2.05. The number of amides is 1. The summed E-state index contributed by atoms with van der Waals surface area (Å²) in [6.07, 6.45) is 1.21. The molecular formula is C19H23NO3. The van der Waals surface area contributed by atoms with Gasteiger partial charge in [0.15, 0.2) is 0 Å². The van der Waals surface area contributed by atoms with Gasteiger partial charge < -0.3 is 14.8 Å². The van der Waals surface area contributed by atoms with Crippen molar-refractivity contribution in [3.63, 3.8) is 0 Å². The average molecular weight is 313 g/mol. The fourth-order valence-corrected chi connectivity index (χ4v) is 2.26. The van der Waals surface area contributed by atoms with Gasteiger partial charge in [0, 0.05) is 0 Å². The highest BCUT2D eigenvalue weighted by molar-refractivity contribution is 5.93. The van der Waals surface area contributed by atoms with Gasteiger partial charge >= 0.3 is 0 Å². The number of carbonyl (C=O) groups excluding carboxylic acids is 1. The summed E-state index contributed by atoms with van der Waals surface area (Å²) in [4.78, 5) is 12.3. The number of hydrogen-bond donors (Lipinski definition) is 1. The van der Waals surface area contributed by atoms with E-state index in [1.165, 1.54) is 0 Å². The molecule has 0 aliphatic rings. The molecule has 0 bridgehead atoms. The standard InChI is InChI=1S/C19H23NO3/c1-4-11-23-17-8-6-5-7-16(17)20-19(21)13-15-10-9-14(2)18(12-15)22-3/h5-10,12H,4,11,13H2,1-3H3,(H,20,21). The van der Waals surface area contributed by atoms with E-state index in [2.05, 4.69) is 5.32 Å². The van der Waals surface area contributed by atoms with E-state index >= 15 is 0 Å². The molecule has 0 spiro atoms. The molecule has 2 aromatic rings. The SMILES string of the molecule is CCCOc1ccccc1NC(=O)Cc1ccc(C)c(OC)c1. The quantitative estimate of drug-likeness (QED) is 0.841. The lowest BCUT2D eigenvalue weighted by Gasteiger charge is -2.12. The fourth-order valence-electron chi connectivity index (χ4n) is 2.26. The molecule has 1 amide bonds. The van der Waals surface area contributed by atoms with Crippen LogP contribution in [0.1, 0.15) is 24.5 Å². The van der Waals surface area contributed by atoms with E-state index in [9.17, 15) is 4.79 Å². The summed E-state index contributed by atoms with van der Waals surface area (Å²) in [6.45, 7) is 4.65. The molecule has 4 nitrogen and oxygen atoms in total. The summed E-state index contributed by atoms with van der Waals surface area (Å²) < 4.78 is 11.0. The van der Waals surface area contributed by atoms with E-state index in [-0.39, 0.29) is 5.91 Å². The number of aryl methyl sites for hydroxylation is 1. The van der Waals surface area contributed by atoms with Gasteiger partial charge in [-0.2, -0.15) is 0 Å². The maximum atomic E-state index is 12.3. The smallest absolute Gasteiger partial charge is 0.228 e. The molecule has 2 rings (SSSR count). The minimum absolute atomic E-state index is 0.0801. The molecule has 0 atom stereocenters. The van der Waals surface area contributed by atoms with Crippen molar-refractivity contribution in [1.29, 1.82) is 0 Å². The Morgan fingerprint density at radius 2 is 1.91 bits per heavy atom. The number of ether oxygens (including phenoxy) is 2. The average Bonchev–Trinajstić information content (AvgIpc) is 2.55. The van der Waals surface area contributed by atoms with Gasteiger partial charge in [0.05, 0.1) is 25.8 Å². The number of nitrogens with one attached hydrogen (secondary N) is 1. The second-order valence-electron chi connectivity index (χ2n) is 5.37. The number of hydrogen-bond acceptors (Lipinski definition) is 3. The lowest BCUT2D eigenvalue weighted by Crippen LogP contribution is -2.15. The number of carbonyl (C=O) groups is 1. The van der Waals surface area contributed by atoms with Crippen LogP contribution in [0.25, 0.3) is 0 Å². The van der Waals surface area contributed by atoms with Gasteiger partial charge in [0.2, 0.25) is 5.91 Å². The Morgan fingerprint density at radius 3 is 2.65 bits per heavy atom. The first kappa shape index (κ1) is 16.9. The van der Waals surface area contributed by atoms with Gasteiger partial charge in [-0.25, -0.2) is 0 Å². The Labute approximate surface area is 137 Å². The molecule has 0 aliphatic carbocycles. The maximum Gasteiger partial charge on any atom is 0.228 e. The third-order valence-corrected chi connectivity index (χ3v) is 3.46. The summed E-state index contributed by atoms with van der Waals surface area (Å²) in [5.74, 6) is 1.41. The summed E-state index contributed by atoms with van der Waals surface area (Å²) in [5.41, 5.74) is 2.66. The topological polar surface area (TPSA) is 47.6 Å². The summed E-state index contributed by atoms with van der Waals surface area (Å²) in [6, 6.07) is 13.3. The van der Waals surface area contributed by atoms with Crippen LogP contribution in [-0.2, 0) is 11.2 Å². The van der Waals surface area contributed by atoms with Gasteiger partial charge in [0.1, 0.15) is 11.5 Å². The highest BCUT2D eigenvalue weighted by Crippen LogP contribution is 2.24. The molecule has 0 saturated heterocycles. The van der Waals surface area contributed by atoms with Crippen LogP contribution >= 0.6 is 0 Å². The van der Waals surface area contributed by atoms with E-state index in [4.69, 9.17) is 9.47 Å². The zero-order valence-corrected chi connectivity index (χ0v) is 13.9. The summed E-state index contributed by atoms with van der Waals surface area (Å²) in [5, 5.41) is 2.92. The first-order chi connectivity index (χ1) is 11.1. The zero-order valence-electron chi connectivity index (χ0n) is 13.9. The molecule has 1 N–H and O–H groups in total. The van der Waals surface area contributed by atoms with Crippen LogP contribution in [0.15, 0.2) is 42.5 Å². The van der Waals surface area contributed by atoms with Gasteiger partial charge in [0.25, 0.3) is 0 Å². The Morgan fingerprint density at radius 1 is 1.13 bits per heavy atom. The summed E-state index contributed by atoms with van der Waals surface area (Å²) >= 11 is 0. The predicted octanol–water partition coefficient (Wildman–Crippen LogP) is 3.97. The number of anilines is 1. The van der Waals surface area contributed by atoms with Gasteiger partial charge in [-0.1, -0.05) is 31.2 Å². The van der Waals surface area contributed by atoms with Crippen LogP contribution in [0.3, 0.4) is 0 Å². The van der Waals surface area contributed by atoms with Crippen molar-refractivity contribution in [3.8, 4) is 11.5 Å². The maximum absolute atomic E-state index is 12.3. The highest BCUT2D eigenvalue weighted by atomic mass is 16.5. The molecule has 0 heterocycles. The molecule has 0 unspecified atom stereocenters. The molecule has 0 fully saturated rings. The van der Waals surface area contributed by atoms with Crippen molar-refractivity contribution >= 4 is 11.6 Å². The lowest BCUT2D eigenvalue weighted by atomic mass is 10.1. The predicted molar refractivity (Wildman–Crippen MR) is 92.3 cm³/mol. The Kier molecular flexibility index (Phi) is 6.03. The van der Waals surface area contributed by atoms with Crippen LogP contribution in [0, 0.1) is 6.92 Å². The van der Waals surface area contributed by atoms with Gasteiger partial charge in [-0.15, -0.1) is 0 Å². The summed E-state index contributed by atoms with van der Waals surface area (Å²) in [7, 11) is 1.63. The van der Waals surface area contributed by atoms with Crippen molar-refractivity contribution in [2.24, 2.45) is 0 Å². The monoisotopic (exact) mass is 313 g/mol. The molecule has 4 heteroatoms. The second-order valence-corrected chi connectivity index (χ2v) is 5.37. The van der Waals surface area contributed by atoms with E-state index in [1.807, 2.05) is 56.3 Å². The molecule has 0 aliphatic heterocycles. The van der Waals surface area contributed by atoms with E-state index in [0.717, 1.165) is 23.3 Å². The van der Waals surface area contributed by atoms with Crippen LogP contribution in [-0.4, -0.2) is 19.6 Å². The number of benzene rings is 2. The zero-order chi connectivity index (χ0) is 16.7. The lowest BCUT2D eigenvalue weighted by molar-refractivity contribution is -0.115. The first-order valence-corrected chi connectivity index (χ1v) is 7.79. The molecule has 0 aromatic heterocycles. The minimum Gasteiger partial charge on any atom is -0.496 e. The molecule has 122 valence electrons. The van der Waals surface area contributed by atoms with Crippen LogP contribution in [0.5, 0.6) is 11.5 Å². The van der Waals surface area contributed by atoms with E-state index in [0.29, 0.717) is 24.5 Å². The number of methoxy groups -OCH3 is 1. The van der Waals surface area contributed by atoms with Crippen LogP contribution in [0.2, 0.25) is 0 Å². The Hall–Kier alpha value is -2.49. The van der Waals surface area contributed by atoms with Crippen molar-refractivity contribution in [3.05, 3.63) is 53.6 Å². The molecular weight excluding hydrogens is 290 g/mol. The fraction of sp³-hybridized carbons (Fsp3) is 0.316. The normalized spacial score (nSPS) is 10.2. The van der Waals surface area contributed by atoms with Crippen molar-refractivity contribution in [2.75, 3.05) is 19.0 Å². The molecule has 0 radical (unpaired) electrons. The second kappa shape index (κ2) is 8.22. The van der Waals surface area contributed by atoms with E-state index < -0.39 is 0 Å². The van der Waals surface area contributed by atoms with Crippen molar-refractivity contribution < 1.29 is 14.3 Å². The highest BCUT2D eigenvalue weighted by Gasteiger charge is 2.09. The molecule has 23 heavy (non-hydrogen) atoms. The number of rotatable bonds is 7. The largest absolute Gasteiger partial charge is 0.496 e. The molecule has 0 saturated carbocycles. The van der Waals surface area contributed by atoms with Gasteiger partial charge in [-0.05, 0) is 42.7 Å². The molecule has 2 aromatic carbocycles. The Bertz CT molecular complexity index is 667. The van der Waals surface area contributed by atoms with Crippen molar-refractivity contribution in [2.45, 2.75) is 26.7 Å². The first-order valence-electron chi connectivity index (χ1n) is 7.79. The van der Waals surface area contributed by atoms with Gasteiger partial charge in [-0.3, -0.25) is 4.79 Å². The third-order valence-electron chi connectivity index (χ3n) is 3.46. The third kappa shape index (κ3) is 4.74. The minimum atomic E-state index is -0.0801. The van der Waals surface area contributed by atoms with Crippen LogP contribution < -0.4 is 14.8 Å². The van der Waals surface area contributed by atoms with Crippen LogP contribution in [0.4, 0.5) is 5.69 Å². The van der Waals surface area contributed by atoms with E-state index in [1.54, 1.807) is 7.11 Å².